The molecule has 2 heterocycles. The van der Waals surface area contributed by atoms with Gasteiger partial charge in [-0.15, -0.1) is 0 Å². The molecule has 4 rings (SSSR count). The summed E-state index contributed by atoms with van der Waals surface area (Å²) in [5.41, 5.74) is 9.96. The number of rotatable bonds is 11. The van der Waals surface area contributed by atoms with Crippen LogP contribution in [0.2, 0.25) is 0 Å². The lowest BCUT2D eigenvalue weighted by atomic mass is 10.1. The molecule has 2 aromatic carbocycles. The van der Waals surface area contributed by atoms with Crippen molar-refractivity contribution in [3.63, 3.8) is 0 Å². The van der Waals surface area contributed by atoms with E-state index in [0.717, 1.165) is 16.7 Å². The highest BCUT2D eigenvalue weighted by molar-refractivity contribution is 7.08. The van der Waals surface area contributed by atoms with Crippen molar-refractivity contribution >= 4 is 28.9 Å². The first-order valence-corrected chi connectivity index (χ1v) is 12.8. The number of nitrogens with two attached hydrogens (primary N) is 1. The average molecular weight is 500 g/mol. The molecule has 0 atom stereocenters. The van der Waals surface area contributed by atoms with Gasteiger partial charge in [-0.25, -0.2) is 0 Å². The number of hydrogen-bond acceptors (Lipinski definition) is 4. The SMILES string of the molecule is Cc1c(C(N)=O)cc(C(=O)CN(Cc2ccccc2)C(=O)Cc2ccsc2)n1CCc1ccccc1. The number of aryl methyl sites for hydroxylation is 1. The number of benzene rings is 2. The van der Waals surface area contributed by atoms with E-state index in [0.29, 0.717) is 36.5 Å². The molecule has 2 N–H and O–H groups in total. The molecule has 7 heteroatoms. The lowest BCUT2D eigenvalue weighted by Crippen LogP contribution is -2.37. The maximum absolute atomic E-state index is 13.6. The van der Waals surface area contributed by atoms with Crippen molar-refractivity contribution in [3.8, 4) is 0 Å². The first kappa shape index (κ1) is 25.1. The van der Waals surface area contributed by atoms with Crippen LogP contribution in [0.3, 0.4) is 0 Å². The summed E-state index contributed by atoms with van der Waals surface area (Å²) in [6, 6.07) is 23.1. The van der Waals surface area contributed by atoms with Crippen molar-refractivity contribution in [3.05, 3.63) is 117 Å². The predicted octanol–water partition coefficient (Wildman–Crippen LogP) is 4.65. The van der Waals surface area contributed by atoms with E-state index in [1.165, 1.54) is 11.3 Å². The van der Waals surface area contributed by atoms with Crippen LogP contribution in [0.15, 0.2) is 83.6 Å². The van der Waals surface area contributed by atoms with E-state index in [2.05, 4.69) is 0 Å². The molecule has 0 unspecified atom stereocenters. The maximum Gasteiger partial charge on any atom is 0.250 e. The van der Waals surface area contributed by atoms with Gasteiger partial charge in [-0.3, -0.25) is 14.4 Å². The molecule has 0 aliphatic rings. The van der Waals surface area contributed by atoms with Crippen molar-refractivity contribution in [2.24, 2.45) is 5.73 Å². The van der Waals surface area contributed by atoms with Crippen LogP contribution in [0.1, 0.15) is 43.2 Å². The predicted molar refractivity (Wildman–Crippen MR) is 142 cm³/mol. The summed E-state index contributed by atoms with van der Waals surface area (Å²) in [6.45, 7) is 2.55. The number of primary amides is 1. The largest absolute Gasteiger partial charge is 0.366 e. The van der Waals surface area contributed by atoms with E-state index in [9.17, 15) is 14.4 Å². The second-order valence-electron chi connectivity index (χ2n) is 8.75. The number of amides is 2. The summed E-state index contributed by atoms with van der Waals surface area (Å²) in [6.07, 6.45) is 0.920. The van der Waals surface area contributed by atoms with Gasteiger partial charge in [0, 0.05) is 18.8 Å². The number of hydrogen-bond donors (Lipinski definition) is 1. The quantitative estimate of drug-likeness (QED) is 0.305. The van der Waals surface area contributed by atoms with Gasteiger partial charge < -0.3 is 15.2 Å². The van der Waals surface area contributed by atoms with Gasteiger partial charge in [0.2, 0.25) is 5.91 Å². The smallest absolute Gasteiger partial charge is 0.250 e. The molecule has 0 aliphatic heterocycles. The van der Waals surface area contributed by atoms with Crippen molar-refractivity contribution < 1.29 is 14.4 Å². The van der Waals surface area contributed by atoms with Crippen LogP contribution in [-0.4, -0.2) is 33.6 Å². The minimum atomic E-state index is -0.574. The normalized spacial score (nSPS) is 10.8. The molecule has 0 fully saturated rings. The molecule has 6 nitrogen and oxygen atoms in total. The molecule has 0 radical (unpaired) electrons. The topological polar surface area (TPSA) is 85.4 Å². The summed E-state index contributed by atoms with van der Waals surface area (Å²) >= 11 is 1.54. The molecule has 2 aromatic heterocycles. The van der Waals surface area contributed by atoms with Crippen molar-refractivity contribution in [2.75, 3.05) is 6.54 Å². The zero-order valence-corrected chi connectivity index (χ0v) is 21.0. The number of thiophene rings is 1. The lowest BCUT2D eigenvalue weighted by molar-refractivity contribution is -0.130. The first-order valence-electron chi connectivity index (χ1n) is 11.8. The molecule has 4 aromatic rings. The fraction of sp³-hybridized carbons (Fsp3) is 0.207. The van der Waals surface area contributed by atoms with E-state index in [4.69, 9.17) is 5.73 Å². The third-order valence-electron chi connectivity index (χ3n) is 6.22. The monoisotopic (exact) mass is 499 g/mol. The highest BCUT2D eigenvalue weighted by Gasteiger charge is 2.24. The lowest BCUT2D eigenvalue weighted by Gasteiger charge is -2.23. The highest BCUT2D eigenvalue weighted by Crippen LogP contribution is 2.19. The van der Waals surface area contributed by atoms with Gasteiger partial charge in [0.1, 0.15) is 0 Å². The minimum Gasteiger partial charge on any atom is -0.366 e. The van der Waals surface area contributed by atoms with Crippen molar-refractivity contribution in [1.29, 1.82) is 0 Å². The Morgan fingerprint density at radius 3 is 2.19 bits per heavy atom. The summed E-state index contributed by atoms with van der Waals surface area (Å²) in [7, 11) is 0. The first-order chi connectivity index (χ1) is 17.4. The minimum absolute atomic E-state index is 0.0924. The molecule has 36 heavy (non-hydrogen) atoms. The van der Waals surface area contributed by atoms with Crippen LogP contribution < -0.4 is 5.73 Å². The van der Waals surface area contributed by atoms with Gasteiger partial charge in [-0.1, -0.05) is 60.7 Å². The highest BCUT2D eigenvalue weighted by atomic mass is 32.1. The zero-order chi connectivity index (χ0) is 25.5. The number of Topliss-reactive ketones (excluding diaryl/α,β-unsaturated/α-hetero) is 1. The molecular formula is C29H29N3O3S. The second-order valence-corrected chi connectivity index (χ2v) is 9.53. The van der Waals surface area contributed by atoms with E-state index < -0.39 is 5.91 Å². The fourth-order valence-corrected chi connectivity index (χ4v) is 4.94. The molecule has 2 amide bonds. The number of nitrogens with zero attached hydrogens (tertiary/aromatic N) is 2. The average Bonchev–Trinajstić information content (AvgIpc) is 3.51. The van der Waals surface area contributed by atoms with Crippen LogP contribution in [0, 0.1) is 6.92 Å². The van der Waals surface area contributed by atoms with Gasteiger partial charge in [-0.05, 0) is 52.9 Å². The Balaban J connectivity index is 1.60. The Bertz CT molecular complexity index is 1330. The van der Waals surface area contributed by atoms with E-state index in [-0.39, 0.29) is 24.7 Å². The second kappa shape index (κ2) is 11.6. The van der Waals surface area contributed by atoms with Gasteiger partial charge in [0.05, 0.1) is 24.2 Å². The van der Waals surface area contributed by atoms with Crippen molar-refractivity contribution in [2.45, 2.75) is 32.9 Å². The fourth-order valence-electron chi connectivity index (χ4n) is 4.27. The van der Waals surface area contributed by atoms with E-state index in [1.54, 1.807) is 17.9 Å². The number of carbonyl (C=O) groups excluding carboxylic acids is 3. The summed E-state index contributed by atoms with van der Waals surface area (Å²) in [5, 5.41) is 3.88. The van der Waals surface area contributed by atoms with E-state index in [1.807, 2.05) is 82.1 Å². The Kier molecular flexibility index (Phi) is 8.13. The molecule has 0 spiro atoms. The number of ketones is 1. The number of aromatic nitrogens is 1. The Labute approximate surface area is 215 Å². The van der Waals surface area contributed by atoms with E-state index >= 15 is 0 Å². The molecule has 0 saturated carbocycles. The maximum atomic E-state index is 13.6. The summed E-state index contributed by atoms with van der Waals surface area (Å²) in [5.74, 6) is -0.928. The Morgan fingerprint density at radius 1 is 0.917 bits per heavy atom. The van der Waals surface area contributed by atoms with Crippen LogP contribution >= 0.6 is 11.3 Å². The van der Waals surface area contributed by atoms with Gasteiger partial charge in [0.15, 0.2) is 5.78 Å². The van der Waals surface area contributed by atoms with Crippen LogP contribution in [0.5, 0.6) is 0 Å². The van der Waals surface area contributed by atoms with Crippen LogP contribution in [-0.2, 0) is 30.7 Å². The zero-order valence-electron chi connectivity index (χ0n) is 20.2. The Hall–Kier alpha value is -3.97. The summed E-state index contributed by atoms with van der Waals surface area (Å²) < 4.78 is 1.85. The standard InChI is InChI=1S/C29H29N3O3S/c1-21-25(29(30)35)17-26(32(21)14-12-22-8-4-2-5-9-22)27(33)19-31(18-23-10-6-3-7-11-23)28(34)16-24-13-15-36-20-24/h2-11,13,15,17,20H,12,14,16,18-19H2,1H3,(H2,30,35). The third-order valence-corrected chi connectivity index (χ3v) is 6.96. The summed E-state index contributed by atoms with van der Waals surface area (Å²) in [4.78, 5) is 40.5. The van der Waals surface area contributed by atoms with Gasteiger partial charge in [-0.2, -0.15) is 11.3 Å². The van der Waals surface area contributed by atoms with Crippen molar-refractivity contribution in [1.82, 2.24) is 9.47 Å². The molecule has 0 aliphatic carbocycles. The number of carbonyl (C=O) groups is 3. The molecule has 184 valence electrons. The van der Waals surface area contributed by atoms with Gasteiger partial charge >= 0.3 is 0 Å². The molecular weight excluding hydrogens is 470 g/mol. The Morgan fingerprint density at radius 2 is 1.58 bits per heavy atom. The molecule has 0 saturated heterocycles. The van der Waals surface area contributed by atoms with Crippen LogP contribution in [0.25, 0.3) is 0 Å². The third kappa shape index (κ3) is 6.17. The van der Waals surface area contributed by atoms with Crippen LogP contribution in [0.4, 0.5) is 0 Å². The molecule has 0 bridgehead atoms. The van der Waals surface area contributed by atoms with Gasteiger partial charge in [0.25, 0.3) is 5.91 Å².